The lowest BCUT2D eigenvalue weighted by Gasteiger charge is -2.00. The molecule has 2 rings (SSSR count). The number of rotatable bonds is 0. The van der Waals surface area contributed by atoms with Gasteiger partial charge in [0.15, 0.2) is 0 Å². The van der Waals surface area contributed by atoms with Crippen molar-refractivity contribution in [1.82, 2.24) is 0 Å². The topological polar surface area (TPSA) is 0 Å². The van der Waals surface area contributed by atoms with Gasteiger partial charge < -0.3 is 0 Å². The number of hydrogen-bond donors (Lipinski definition) is 0. The largest absolute Gasteiger partial charge is 0.143 e. The van der Waals surface area contributed by atoms with Gasteiger partial charge >= 0.3 is 0 Å². The minimum Gasteiger partial charge on any atom is -0.143 e. The van der Waals surface area contributed by atoms with E-state index >= 15 is 0 Å². The molecule has 0 atom stereocenters. The van der Waals surface area contributed by atoms with Crippen molar-refractivity contribution in [2.45, 2.75) is 6.92 Å². The molecule has 0 aliphatic carbocycles. The number of benzene rings is 1. The highest BCUT2D eigenvalue weighted by Crippen LogP contribution is 2.33. The second-order valence-corrected chi connectivity index (χ2v) is 5.05. The van der Waals surface area contributed by atoms with Crippen LogP contribution < -0.4 is 0 Å². The fourth-order valence-electron chi connectivity index (χ4n) is 1.24. The molecule has 1 aromatic heterocycles. The molecule has 0 spiro atoms. The third kappa shape index (κ3) is 1.26. The van der Waals surface area contributed by atoms with Gasteiger partial charge in [0.25, 0.3) is 0 Å². The van der Waals surface area contributed by atoms with Crippen molar-refractivity contribution in [1.29, 1.82) is 0 Å². The molecule has 3 heteroatoms. The molecule has 0 saturated carbocycles. The van der Waals surface area contributed by atoms with Gasteiger partial charge in [-0.2, -0.15) is 0 Å². The van der Waals surface area contributed by atoms with Crippen LogP contribution in [0.1, 0.15) is 5.56 Å². The molecule has 0 aliphatic heterocycles. The van der Waals surface area contributed by atoms with Gasteiger partial charge in [-0.25, -0.2) is 0 Å². The first kappa shape index (κ1) is 8.78. The second kappa shape index (κ2) is 3.16. The molecule has 0 bridgehead atoms. The average Bonchev–Trinajstić information content (AvgIpc) is 2.48. The summed E-state index contributed by atoms with van der Waals surface area (Å²) < 4.78 is 2.51. The normalized spacial score (nSPS) is 10.9. The first-order chi connectivity index (χ1) is 5.70. The Morgan fingerprint density at radius 3 is 3.00 bits per heavy atom. The smallest absolute Gasteiger partial charge is 0.0549 e. The lowest BCUT2D eigenvalue weighted by Crippen LogP contribution is -1.78. The van der Waals surface area contributed by atoms with Crippen molar-refractivity contribution in [2.75, 3.05) is 0 Å². The highest BCUT2D eigenvalue weighted by molar-refractivity contribution is 14.1. The molecule has 0 saturated heterocycles. The van der Waals surface area contributed by atoms with Crippen molar-refractivity contribution >= 4 is 55.6 Å². The molecule has 0 aliphatic rings. The molecule has 1 heterocycles. The molecule has 0 nitrogen and oxygen atoms in total. The zero-order chi connectivity index (χ0) is 8.72. The number of thiophene rings is 1. The van der Waals surface area contributed by atoms with Crippen LogP contribution in [0.5, 0.6) is 0 Å². The Hall–Kier alpha value is 0.200. The summed E-state index contributed by atoms with van der Waals surface area (Å²) in [7, 11) is 0. The van der Waals surface area contributed by atoms with E-state index in [4.69, 9.17) is 11.6 Å². The first-order valence-corrected chi connectivity index (χ1v) is 5.85. The fourth-order valence-corrected chi connectivity index (χ4v) is 3.17. The van der Waals surface area contributed by atoms with Crippen molar-refractivity contribution in [3.63, 3.8) is 0 Å². The highest BCUT2D eigenvalue weighted by atomic mass is 127. The third-order valence-corrected chi connectivity index (χ3v) is 4.64. The summed E-state index contributed by atoms with van der Waals surface area (Å²) in [6.07, 6.45) is 0. The molecule has 1 aromatic carbocycles. The predicted molar refractivity (Wildman–Crippen MR) is 64.3 cm³/mol. The van der Waals surface area contributed by atoms with E-state index in [1.165, 1.54) is 15.6 Å². The first-order valence-electron chi connectivity index (χ1n) is 3.52. The van der Waals surface area contributed by atoms with E-state index in [0.717, 1.165) is 8.59 Å². The molecule has 0 unspecified atom stereocenters. The Morgan fingerprint density at radius 1 is 1.50 bits per heavy atom. The summed E-state index contributed by atoms with van der Waals surface area (Å²) in [4.78, 5) is 0. The van der Waals surface area contributed by atoms with Crippen molar-refractivity contribution < 1.29 is 0 Å². The SMILES string of the molecule is Cc1cc(Cl)c(I)c2ccsc12. The van der Waals surface area contributed by atoms with Crippen LogP contribution in [0, 0.1) is 10.5 Å². The zero-order valence-corrected chi connectivity index (χ0v) is 10.1. The van der Waals surface area contributed by atoms with Gasteiger partial charge in [-0.05, 0) is 52.6 Å². The van der Waals surface area contributed by atoms with Gasteiger partial charge in [-0.15, -0.1) is 11.3 Å². The van der Waals surface area contributed by atoms with Crippen LogP contribution in [-0.2, 0) is 0 Å². The van der Waals surface area contributed by atoms with Crippen molar-refractivity contribution in [2.24, 2.45) is 0 Å². The third-order valence-electron chi connectivity index (χ3n) is 1.81. The molecule has 0 amide bonds. The van der Waals surface area contributed by atoms with Crippen LogP contribution >= 0.6 is 45.5 Å². The van der Waals surface area contributed by atoms with Gasteiger partial charge in [-0.1, -0.05) is 11.6 Å². The standard InChI is InChI=1S/C9H6ClIS/c1-5-4-7(10)8(11)6-2-3-12-9(5)6/h2-4H,1H3. The Bertz CT molecular complexity index is 433. The molecular formula is C9H6ClIS. The monoisotopic (exact) mass is 308 g/mol. The van der Waals surface area contributed by atoms with E-state index in [1.807, 2.05) is 6.07 Å². The van der Waals surface area contributed by atoms with E-state index in [-0.39, 0.29) is 0 Å². The molecule has 12 heavy (non-hydrogen) atoms. The number of hydrogen-bond acceptors (Lipinski definition) is 1. The average molecular weight is 309 g/mol. The Morgan fingerprint density at radius 2 is 2.25 bits per heavy atom. The van der Waals surface area contributed by atoms with Crippen molar-refractivity contribution in [3.05, 3.63) is 31.7 Å². The zero-order valence-electron chi connectivity index (χ0n) is 6.40. The number of fused-ring (bicyclic) bond motifs is 1. The van der Waals surface area contributed by atoms with E-state index < -0.39 is 0 Å². The molecule has 0 fully saturated rings. The maximum atomic E-state index is 6.05. The van der Waals surface area contributed by atoms with Gasteiger partial charge in [-0.3, -0.25) is 0 Å². The van der Waals surface area contributed by atoms with Crippen LogP contribution in [0.3, 0.4) is 0 Å². The summed E-state index contributed by atoms with van der Waals surface area (Å²) in [5.41, 5.74) is 1.27. The Kier molecular flexibility index (Phi) is 2.31. The molecular weight excluding hydrogens is 303 g/mol. The fraction of sp³-hybridized carbons (Fsp3) is 0.111. The van der Waals surface area contributed by atoms with E-state index in [9.17, 15) is 0 Å². The number of aryl methyl sites for hydroxylation is 1. The maximum absolute atomic E-state index is 6.05. The lowest BCUT2D eigenvalue weighted by atomic mass is 10.2. The van der Waals surface area contributed by atoms with Crippen LogP contribution in [-0.4, -0.2) is 0 Å². The second-order valence-electron chi connectivity index (χ2n) is 2.65. The molecule has 0 N–H and O–H groups in total. The predicted octanol–water partition coefficient (Wildman–Crippen LogP) is 4.47. The summed E-state index contributed by atoms with van der Waals surface area (Å²) in [6, 6.07) is 4.16. The molecule has 62 valence electrons. The summed E-state index contributed by atoms with van der Waals surface area (Å²) >= 11 is 10.1. The van der Waals surface area contributed by atoms with E-state index in [0.29, 0.717) is 0 Å². The minimum absolute atomic E-state index is 0.860. The van der Waals surface area contributed by atoms with Crippen molar-refractivity contribution in [3.8, 4) is 0 Å². The van der Waals surface area contributed by atoms with E-state index in [1.54, 1.807) is 11.3 Å². The van der Waals surface area contributed by atoms with Gasteiger partial charge in [0.1, 0.15) is 0 Å². The van der Waals surface area contributed by atoms with Gasteiger partial charge in [0.05, 0.1) is 5.02 Å². The van der Waals surface area contributed by atoms with Gasteiger partial charge in [0.2, 0.25) is 0 Å². The van der Waals surface area contributed by atoms with Crippen LogP contribution in [0.4, 0.5) is 0 Å². The summed E-state index contributed by atoms with van der Waals surface area (Å²) in [6.45, 7) is 2.10. The number of halogens is 2. The van der Waals surface area contributed by atoms with Crippen LogP contribution in [0.25, 0.3) is 10.1 Å². The van der Waals surface area contributed by atoms with E-state index in [2.05, 4.69) is 41.0 Å². The van der Waals surface area contributed by atoms with Gasteiger partial charge in [0, 0.05) is 13.7 Å². The molecule has 0 radical (unpaired) electrons. The minimum atomic E-state index is 0.860. The quantitative estimate of drug-likeness (QED) is 0.630. The lowest BCUT2D eigenvalue weighted by molar-refractivity contribution is 1.55. The maximum Gasteiger partial charge on any atom is 0.0549 e. The van der Waals surface area contributed by atoms with Crippen LogP contribution in [0.15, 0.2) is 17.5 Å². The highest BCUT2D eigenvalue weighted by Gasteiger charge is 2.06. The summed E-state index contributed by atoms with van der Waals surface area (Å²) in [5.74, 6) is 0. The Balaban J connectivity index is 2.97. The van der Waals surface area contributed by atoms with Crippen LogP contribution in [0.2, 0.25) is 5.02 Å². The Labute approximate surface area is 93.7 Å². The summed E-state index contributed by atoms with van der Waals surface area (Å²) in [5, 5.41) is 4.25. The molecule has 2 aromatic rings.